The molecular formula is C25H21ClN2O5S. The third kappa shape index (κ3) is 3.13. The summed E-state index contributed by atoms with van der Waals surface area (Å²) in [7, 11) is -4.23. The number of hydrogen-bond acceptors (Lipinski definition) is 5. The predicted molar refractivity (Wildman–Crippen MR) is 130 cm³/mol. The van der Waals surface area contributed by atoms with Crippen LogP contribution in [0.1, 0.15) is 18.1 Å². The Morgan fingerprint density at radius 1 is 0.971 bits per heavy atom. The fraction of sp³-hybridized carbons (Fsp3) is 0.200. The topological polar surface area (TPSA) is 84.0 Å². The fourth-order valence-electron chi connectivity index (χ4n) is 4.70. The third-order valence-corrected chi connectivity index (χ3v) is 8.59. The van der Waals surface area contributed by atoms with E-state index >= 15 is 0 Å². The Morgan fingerprint density at radius 3 is 2.35 bits per heavy atom. The van der Waals surface area contributed by atoms with Gasteiger partial charge in [0.05, 0.1) is 18.8 Å². The number of anilines is 2. The van der Waals surface area contributed by atoms with Crippen LogP contribution in [0, 0.1) is 0 Å². The van der Waals surface area contributed by atoms with E-state index in [4.69, 9.17) is 16.3 Å². The van der Waals surface area contributed by atoms with Gasteiger partial charge in [0.2, 0.25) is 5.91 Å². The first kappa shape index (κ1) is 22.4. The summed E-state index contributed by atoms with van der Waals surface area (Å²) in [6.45, 7) is 2.38. The molecule has 1 fully saturated rings. The maximum atomic E-state index is 14.1. The molecule has 1 spiro atoms. The molecule has 9 heteroatoms. The van der Waals surface area contributed by atoms with E-state index in [2.05, 4.69) is 0 Å². The first-order chi connectivity index (χ1) is 16.3. The van der Waals surface area contributed by atoms with Crippen LogP contribution in [-0.2, 0) is 30.8 Å². The van der Waals surface area contributed by atoms with Crippen LogP contribution in [0.5, 0.6) is 5.75 Å². The van der Waals surface area contributed by atoms with Crippen molar-refractivity contribution in [3.05, 3.63) is 88.9 Å². The van der Waals surface area contributed by atoms with E-state index < -0.39 is 32.3 Å². The lowest BCUT2D eigenvalue weighted by Crippen LogP contribution is -2.54. The van der Waals surface area contributed by atoms with E-state index in [9.17, 15) is 18.0 Å². The van der Waals surface area contributed by atoms with Crippen molar-refractivity contribution >= 4 is 44.6 Å². The highest BCUT2D eigenvalue weighted by atomic mass is 35.5. The smallest absolute Gasteiger partial charge is 0.274 e. The van der Waals surface area contributed by atoms with Crippen LogP contribution >= 0.6 is 11.6 Å². The van der Waals surface area contributed by atoms with Crippen LogP contribution in [-0.4, -0.2) is 32.6 Å². The van der Waals surface area contributed by atoms with E-state index in [1.807, 2.05) is 6.92 Å². The number of fused-ring (bicyclic) bond motifs is 2. The number of carbonyl (C=O) groups is 2. The molecule has 0 aromatic heterocycles. The van der Waals surface area contributed by atoms with Crippen LogP contribution in [0.3, 0.4) is 0 Å². The van der Waals surface area contributed by atoms with Crippen molar-refractivity contribution in [2.24, 2.45) is 0 Å². The molecule has 34 heavy (non-hydrogen) atoms. The zero-order chi connectivity index (χ0) is 24.1. The van der Waals surface area contributed by atoms with E-state index in [-0.39, 0.29) is 12.1 Å². The number of nitrogens with zero attached hydrogens (tertiary/aromatic N) is 2. The molecule has 2 heterocycles. The lowest BCUT2D eigenvalue weighted by Gasteiger charge is -2.32. The normalized spacial score (nSPS) is 20.8. The molecule has 5 rings (SSSR count). The standard InChI is InChI=1S/C25H21ClN2O5S/c1-2-33-19-13-11-18(12-14-19)28-23(29)16-34(31,32)25(28)20-8-4-6-10-22(20)27(24(25)30)15-17-7-3-5-9-21(17)26/h3-14H,2,15-16H2,1H3/t25-/m1/s1. The number of hydrogen-bond donors (Lipinski definition) is 0. The van der Waals surface area contributed by atoms with Gasteiger partial charge in [-0.1, -0.05) is 48.0 Å². The summed E-state index contributed by atoms with van der Waals surface area (Å²) in [5.74, 6) is -1.55. The summed E-state index contributed by atoms with van der Waals surface area (Å²) in [6.07, 6.45) is 0. The minimum atomic E-state index is -4.23. The number of sulfone groups is 1. The maximum Gasteiger partial charge on any atom is 0.274 e. The molecule has 1 atom stereocenters. The Hall–Kier alpha value is -3.36. The maximum absolute atomic E-state index is 14.1. The van der Waals surface area contributed by atoms with Gasteiger partial charge in [-0.2, -0.15) is 0 Å². The predicted octanol–water partition coefficient (Wildman–Crippen LogP) is 3.90. The first-order valence-corrected chi connectivity index (χ1v) is 12.8. The highest BCUT2D eigenvalue weighted by Gasteiger charge is 2.69. The van der Waals surface area contributed by atoms with Crippen LogP contribution in [0.15, 0.2) is 72.8 Å². The second-order valence-electron chi connectivity index (χ2n) is 8.06. The van der Waals surface area contributed by atoms with Crippen LogP contribution in [0.25, 0.3) is 0 Å². The van der Waals surface area contributed by atoms with E-state index in [0.717, 1.165) is 4.90 Å². The highest BCUT2D eigenvalue weighted by molar-refractivity contribution is 7.94. The van der Waals surface area contributed by atoms with Crippen molar-refractivity contribution in [3.63, 3.8) is 0 Å². The Morgan fingerprint density at radius 2 is 1.65 bits per heavy atom. The Labute approximate surface area is 202 Å². The Kier molecular flexibility index (Phi) is 5.37. The quantitative estimate of drug-likeness (QED) is 0.535. The number of ether oxygens (including phenoxy) is 1. The van der Waals surface area contributed by atoms with Gasteiger partial charge >= 0.3 is 0 Å². The molecule has 0 radical (unpaired) electrons. The summed E-state index contributed by atoms with van der Waals surface area (Å²) in [5, 5.41) is 0.461. The molecule has 7 nitrogen and oxygen atoms in total. The van der Waals surface area contributed by atoms with Crippen LogP contribution in [0.2, 0.25) is 5.02 Å². The Balaban J connectivity index is 1.69. The molecular weight excluding hydrogens is 476 g/mol. The van der Waals surface area contributed by atoms with Gasteiger partial charge in [-0.25, -0.2) is 8.42 Å². The minimum Gasteiger partial charge on any atom is -0.494 e. The molecule has 0 aliphatic carbocycles. The van der Waals surface area contributed by atoms with E-state index in [0.29, 0.717) is 34.3 Å². The van der Waals surface area contributed by atoms with Gasteiger partial charge in [0.1, 0.15) is 11.5 Å². The summed E-state index contributed by atoms with van der Waals surface area (Å²) in [6, 6.07) is 20.2. The molecule has 0 N–H and O–H groups in total. The van der Waals surface area contributed by atoms with E-state index in [1.54, 1.807) is 72.8 Å². The number of para-hydroxylation sites is 1. The highest BCUT2D eigenvalue weighted by Crippen LogP contribution is 2.53. The molecule has 2 aliphatic rings. The second kappa shape index (κ2) is 8.14. The zero-order valence-electron chi connectivity index (χ0n) is 18.3. The summed E-state index contributed by atoms with van der Waals surface area (Å²) in [4.78, 5) is 27.6. The SMILES string of the molecule is CCOc1ccc(N2C(=O)CS(=O)(=O)[C@]23C(=O)N(Cc2ccccc2Cl)c2ccccc23)cc1. The average molecular weight is 497 g/mol. The fourth-order valence-corrected chi connectivity index (χ4v) is 6.93. The number of amides is 2. The van der Waals surface area contributed by atoms with Crippen molar-refractivity contribution < 1.29 is 22.7 Å². The van der Waals surface area contributed by atoms with Crippen LogP contribution in [0.4, 0.5) is 11.4 Å². The molecule has 0 bridgehead atoms. The first-order valence-electron chi connectivity index (χ1n) is 10.7. The Bertz CT molecular complexity index is 1410. The van der Waals surface area contributed by atoms with Crippen molar-refractivity contribution in [1.82, 2.24) is 0 Å². The van der Waals surface area contributed by atoms with Gasteiger partial charge in [-0.15, -0.1) is 0 Å². The molecule has 2 amide bonds. The number of rotatable bonds is 5. The lowest BCUT2D eigenvalue weighted by molar-refractivity contribution is -0.123. The van der Waals surface area contributed by atoms with Gasteiger partial charge in [0, 0.05) is 16.3 Å². The molecule has 0 saturated carbocycles. The van der Waals surface area contributed by atoms with Gasteiger partial charge in [0.25, 0.3) is 10.8 Å². The monoisotopic (exact) mass is 496 g/mol. The van der Waals surface area contributed by atoms with Gasteiger partial charge < -0.3 is 9.64 Å². The summed E-state index contributed by atoms with van der Waals surface area (Å²) >= 11 is 6.34. The number of halogens is 1. The second-order valence-corrected chi connectivity index (χ2v) is 10.6. The number of carbonyl (C=O) groups excluding carboxylic acids is 2. The number of benzene rings is 3. The van der Waals surface area contributed by atoms with Gasteiger partial charge in [-0.05, 0) is 48.9 Å². The van der Waals surface area contributed by atoms with Crippen molar-refractivity contribution in [3.8, 4) is 5.75 Å². The van der Waals surface area contributed by atoms with Gasteiger partial charge in [-0.3, -0.25) is 14.5 Å². The molecule has 1 saturated heterocycles. The van der Waals surface area contributed by atoms with Crippen LogP contribution < -0.4 is 14.5 Å². The summed E-state index contributed by atoms with van der Waals surface area (Å²) < 4.78 is 32.7. The molecule has 0 unspecified atom stereocenters. The lowest BCUT2D eigenvalue weighted by atomic mass is 10.0. The van der Waals surface area contributed by atoms with E-state index in [1.165, 1.54) is 4.90 Å². The van der Waals surface area contributed by atoms with Crippen molar-refractivity contribution in [1.29, 1.82) is 0 Å². The molecule has 2 aliphatic heterocycles. The molecule has 3 aromatic carbocycles. The average Bonchev–Trinajstić information content (AvgIpc) is 3.19. The molecule has 174 valence electrons. The minimum absolute atomic E-state index is 0.0676. The zero-order valence-corrected chi connectivity index (χ0v) is 19.8. The van der Waals surface area contributed by atoms with Crippen molar-refractivity contribution in [2.45, 2.75) is 18.3 Å². The van der Waals surface area contributed by atoms with Gasteiger partial charge in [0.15, 0.2) is 9.84 Å². The third-order valence-electron chi connectivity index (χ3n) is 6.12. The van der Waals surface area contributed by atoms with Crippen molar-refractivity contribution in [2.75, 3.05) is 22.2 Å². The molecule has 3 aromatic rings. The summed E-state index contributed by atoms with van der Waals surface area (Å²) in [5.41, 5.74) is 1.66. The largest absolute Gasteiger partial charge is 0.494 e.